The molecule has 0 aliphatic carbocycles. The van der Waals surface area contributed by atoms with E-state index < -0.39 is 24.1 Å². The highest BCUT2D eigenvalue weighted by Crippen LogP contribution is 2.30. The number of hydrogen-bond acceptors (Lipinski definition) is 3. The molecule has 0 aromatic carbocycles. The van der Waals surface area contributed by atoms with Gasteiger partial charge in [0.2, 0.25) is 0 Å². The van der Waals surface area contributed by atoms with Crippen molar-refractivity contribution in [3.63, 3.8) is 0 Å². The highest BCUT2D eigenvalue weighted by Gasteiger charge is 2.42. The lowest BCUT2D eigenvalue weighted by molar-refractivity contribution is -0.00923. The maximum atomic E-state index is 13.8. The van der Waals surface area contributed by atoms with Gasteiger partial charge < -0.3 is 9.47 Å². The zero-order valence-electron chi connectivity index (χ0n) is 11.1. The highest BCUT2D eigenvalue weighted by atomic mass is 19.1. The standard InChI is InChI=1S/C12H22FNO3/c1-6-8-7(2)9(13)10(16-8)14-11(15)17-12(3,4)5/h7-10H,6H2,1-5H3,(H,14,15)/t7-,8-,9+,10?/m1/s1. The number of carbonyl (C=O) groups is 1. The molecular weight excluding hydrogens is 225 g/mol. The van der Waals surface area contributed by atoms with Crippen LogP contribution in [-0.2, 0) is 9.47 Å². The zero-order chi connectivity index (χ0) is 13.2. The van der Waals surface area contributed by atoms with Crippen LogP contribution in [0.3, 0.4) is 0 Å². The van der Waals surface area contributed by atoms with Gasteiger partial charge in [0, 0.05) is 5.92 Å². The lowest BCUT2D eigenvalue weighted by Crippen LogP contribution is -2.43. The smallest absolute Gasteiger partial charge is 0.409 e. The molecule has 0 radical (unpaired) electrons. The fourth-order valence-corrected chi connectivity index (χ4v) is 1.87. The molecule has 4 atom stereocenters. The predicted octanol–water partition coefficient (Wildman–Crippen LogP) is 2.62. The van der Waals surface area contributed by atoms with E-state index >= 15 is 0 Å². The summed E-state index contributed by atoms with van der Waals surface area (Å²) in [5.41, 5.74) is -0.593. The molecule has 17 heavy (non-hydrogen) atoms. The molecule has 0 aromatic heterocycles. The van der Waals surface area contributed by atoms with E-state index in [4.69, 9.17) is 9.47 Å². The van der Waals surface area contributed by atoms with E-state index in [1.54, 1.807) is 27.7 Å². The largest absolute Gasteiger partial charge is 0.444 e. The summed E-state index contributed by atoms with van der Waals surface area (Å²) in [6.07, 6.45) is -2.15. The molecule has 0 saturated carbocycles. The summed E-state index contributed by atoms with van der Waals surface area (Å²) in [5.74, 6) is -0.208. The quantitative estimate of drug-likeness (QED) is 0.816. The summed E-state index contributed by atoms with van der Waals surface area (Å²) in [6, 6.07) is 0. The van der Waals surface area contributed by atoms with Crippen molar-refractivity contribution in [2.24, 2.45) is 5.92 Å². The number of alkyl carbamates (subject to hydrolysis) is 1. The Kier molecular flexibility index (Phi) is 4.36. The summed E-state index contributed by atoms with van der Waals surface area (Å²) >= 11 is 0. The Bertz CT molecular complexity index is 277. The molecule has 1 saturated heterocycles. The van der Waals surface area contributed by atoms with Gasteiger partial charge in [0.25, 0.3) is 0 Å². The fraction of sp³-hybridized carbons (Fsp3) is 0.917. The lowest BCUT2D eigenvalue weighted by Gasteiger charge is -2.22. The van der Waals surface area contributed by atoms with Gasteiger partial charge in [-0.05, 0) is 27.2 Å². The van der Waals surface area contributed by atoms with Crippen LogP contribution in [0, 0.1) is 5.92 Å². The van der Waals surface area contributed by atoms with Gasteiger partial charge in [-0.15, -0.1) is 0 Å². The Labute approximate surface area is 102 Å². The fourth-order valence-electron chi connectivity index (χ4n) is 1.87. The number of rotatable bonds is 2. The van der Waals surface area contributed by atoms with E-state index in [0.717, 1.165) is 6.42 Å². The Morgan fingerprint density at radius 1 is 1.47 bits per heavy atom. The van der Waals surface area contributed by atoms with Gasteiger partial charge in [-0.1, -0.05) is 13.8 Å². The molecule has 1 fully saturated rings. The molecule has 5 heteroatoms. The Morgan fingerprint density at radius 3 is 2.47 bits per heavy atom. The highest BCUT2D eigenvalue weighted by molar-refractivity contribution is 5.68. The molecule has 0 spiro atoms. The van der Waals surface area contributed by atoms with E-state index in [1.807, 2.05) is 6.92 Å². The van der Waals surface area contributed by atoms with E-state index in [2.05, 4.69) is 5.32 Å². The molecule has 1 aliphatic heterocycles. The van der Waals surface area contributed by atoms with Crippen molar-refractivity contribution in [2.45, 2.75) is 65.1 Å². The average Bonchev–Trinajstić information content (AvgIpc) is 2.43. The number of nitrogens with one attached hydrogen (secondary N) is 1. The van der Waals surface area contributed by atoms with E-state index in [0.29, 0.717) is 0 Å². The summed E-state index contributed by atoms with van der Waals surface area (Å²) < 4.78 is 24.3. The molecule has 1 heterocycles. The number of alkyl halides is 1. The molecule has 1 aliphatic rings. The second-order valence-corrected chi connectivity index (χ2v) is 5.45. The van der Waals surface area contributed by atoms with Gasteiger partial charge in [0.15, 0.2) is 6.23 Å². The third kappa shape index (κ3) is 3.84. The molecule has 0 aromatic rings. The van der Waals surface area contributed by atoms with Gasteiger partial charge in [-0.2, -0.15) is 0 Å². The van der Waals surface area contributed by atoms with Crippen molar-refractivity contribution in [2.75, 3.05) is 0 Å². The van der Waals surface area contributed by atoms with E-state index in [1.165, 1.54) is 0 Å². The van der Waals surface area contributed by atoms with Crippen LogP contribution in [-0.4, -0.2) is 30.2 Å². The summed E-state index contributed by atoms with van der Waals surface area (Å²) in [6.45, 7) is 8.99. The normalized spacial score (nSPS) is 33.5. The van der Waals surface area contributed by atoms with Crippen LogP contribution in [0.5, 0.6) is 0 Å². The summed E-state index contributed by atoms with van der Waals surface area (Å²) in [5, 5.41) is 2.42. The first kappa shape index (κ1) is 14.2. The molecule has 4 nitrogen and oxygen atoms in total. The van der Waals surface area contributed by atoms with Crippen LogP contribution < -0.4 is 5.32 Å². The van der Waals surface area contributed by atoms with E-state index in [-0.39, 0.29) is 12.0 Å². The molecule has 100 valence electrons. The van der Waals surface area contributed by atoms with Crippen LogP contribution >= 0.6 is 0 Å². The van der Waals surface area contributed by atoms with Crippen molar-refractivity contribution < 1.29 is 18.7 Å². The minimum Gasteiger partial charge on any atom is -0.444 e. The summed E-state index contributed by atoms with van der Waals surface area (Å²) in [7, 11) is 0. The molecule has 0 bridgehead atoms. The van der Waals surface area contributed by atoms with Gasteiger partial charge in [-0.25, -0.2) is 9.18 Å². The first-order chi connectivity index (χ1) is 7.74. The zero-order valence-corrected chi connectivity index (χ0v) is 11.1. The summed E-state index contributed by atoms with van der Waals surface area (Å²) in [4.78, 5) is 11.5. The van der Waals surface area contributed by atoms with Crippen LogP contribution in [0.1, 0.15) is 41.0 Å². The number of amides is 1. The monoisotopic (exact) mass is 247 g/mol. The topological polar surface area (TPSA) is 47.6 Å². The Morgan fingerprint density at radius 2 is 2.06 bits per heavy atom. The van der Waals surface area contributed by atoms with Crippen molar-refractivity contribution in [3.05, 3.63) is 0 Å². The van der Waals surface area contributed by atoms with Gasteiger partial charge in [0.1, 0.15) is 11.8 Å². The molecule has 1 rings (SSSR count). The van der Waals surface area contributed by atoms with Crippen molar-refractivity contribution in [3.8, 4) is 0 Å². The van der Waals surface area contributed by atoms with Crippen molar-refractivity contribution in [1.82, 2.24) is 5.32 Å². The minimum atomic E-state index is -1.19. The third-order valence-corrected chi connectivity index (χ3v) is 2.76. The average molecular weight is 247 g/mol. The first-order valence-electron chi connectivity index (χ1n) is 6.03. The van der Waals surface area contributed by atoms with Crippen LogP contribution in [0.2, 0.25) is 0 Å². The Balaban J connectivity index is 2.50. The molecular formula is C12H22FNO3. The maximum absolute atomic E-state index is 13.8. The second-order valence-electron chi connectivity index (χ2n) is 5.45. The minimum absolute atomic E-state index is 0.148. The van der Waals surface area contributed by atoms with Gasteiger partial charge in [-0.3, -0.25) is 5.32 Å². The van der Waals surface area contributed by atoms with Crippen LogP contribution in [0.25, 0.3) is 0 Å². The lowest BCUT2D eigenvalue weighted by atomic mass is 10.00. The molecule has 1 N–H and O–H groups in total. The third-order valence-electron chi connectivity index (χ3n) is 2.76. The second kappa shape index (κ2) is 5.21. The maximum Gasteiger partial charge on any atom is 0.409 e. The van der Waals surface area contributed by atoms with Crippen molar-refractivity contribution in [1.29, 1.82) is 0 Å². The Hall–Kier alpha value is -0.840. The molecule has 1 unspecified atom stereocenters. The molecule has 1 amide bonds. The first-order valence-corrected chi connectivity index (χ1v) is 6.03. The number of hydrogen-bond donors (Lipinski definition) is 1. The van der Waals surface area contributed by atoms with Crippen LogP contribution in [0.4, 0.5) is 9.18 Å². The van der Waals surface area contributed by atoms with E-state index in [9.17, 15) is 9.18 Å². The van der Waals surface area contributed by atoms with Gasteiger partial charge >= 0.3 is 6.09 Å². The number of carbonyl (C=O) groups excluding carboxylic acids is 1. The SMILES string of the molecule is CC[C@H]1OC(NC(=O)OC(C)(C)C)[C@@H](F)[C@@H]1C. The van der Waals surface area contributed by atoms with Crippen LogP contribution in [0.15, 0.2) is 0 Å². The van der Waals surface area contributed by atoms with Crippen molar-refractivity contribution >= 4 is 6.09 Å². The number of ether oxygens (including phenoxy) is 2. The predicted molar refractivity (Wildman–Crippen MR) is 62.4 cm³/mol. The van der Waals surface area contributed by atoms with Gasteiger partial charge in [0.05, 0.1) is 6.10 Å². The number of halogens is 1.